The van der Waals surface area contributed by atoms with Gasteiger partial charge < -0.3 is 5.11 Å². The maximum absolute atomic E-state index is 10.5. The number of rotatable bonds is 3. The Labute approximate surface area is 89.2 Å². The molecule has 0 heterocycles. The molecule has 1 aromatic rings. The molecule has 0 atom stereocenters. The van der Waals surface area contributed by atoms with Gasteiger partial charge >= 0.3 is 0 Å². The number of nitro benzene ring substituents is 1. The van der Waals surface area contributed by atoms with Gasteiger partial charge in [0.15, 0.2) is 0 Å². The summed E-state index contributed by atoms with van der Waals surface area (Å²) in [5.74, 6) is 0. The van der Waals surface area contributed by atoms with Gasteiger partial charge in [-0.25, -0.2) is 0 Å². The predicted molar refractivity (Wildman–Crippen MR) is 56.9 cm³/mol. The molecule has 0 spiro atoms. The molecule has 5 heteroatoms. The summed E-state index contributed by atoms with van der Waals surface area (Å²) in [6.45, 7) is -0.0882. The van der Waals surface area contributed by atoms with Crippen molar-refractivity contribution in [2.24, 2.45) is 0 Å². The highest BCUT2D eigenvalue weighted by molar-refractivity contribution is 9.10. The molecule has 74 valence electrons. The van der Waals surface area contributed by atoms with Crippen molar-refractivity contribution >= 4 is 27.7 Å². The zero-order chi connectivity index (χ0) is 10.6. The minimum atomic E-state index is -0.458. The minimum absolute atomic E-state index is 0.0186. The molecule has 0 fully saturated rings. The van der Waals surface area contributed by atoms with E-state index < -0.39 is 4.92 Å². The molecule has 0 aliphatic rings. The van der Waals surface area contributed by atoms with Gasteiger partial charge in [0, 0.05) is 6.07 Å². The van der Waals surface area contributed by atoms with Crippen LogP contribution in [0, 0.1) is 10.1 Å². The molecular weight excluding hydrogens is 250 g/mol. The number of hydrogen-bond acceptors (Lipinski definition) is 3. The average Bonchev–Trinajstić information content (AvgIpc) is 2.16. The van der Waals surface area contributed by atoms with E-state index in [1.807, 2.05) is 0 Å². The second-order valence-electron chi connectivity index (χ2n) is 2.52. The van der Waals surface area contributed by atoms with Crippen LogP contribution in [0.25, 0.3) is 6.08 Å². The van der Waals surface area contributed by atoms with E-state index in [0.29, 0.717) is 10.0 Å². The Hall–Kier alpha value is -1.20. The van der Waals surface area contributed by atoms with Crippen LogP contribution in [0.2, 0.25) is 0 Å². The van der Waals surface area contributed by atoms with Crippen LogP contribution < -0.4 is 0 Å². The van der Waals surface area contributed by atoms with Crippen molar-refractivity contribution < 1.29 is 10.0 Å². The Balaban J connectivity index is 3.14. The molecule has 1 N–H and O–H groups in total. The summed E-state index contributed by atoms with van der Waals surface area (Å²) in [6, 6.07) is 4.74. The molecule has 0 aromatic heterocycles. The molecule has 14 heavy (non-hydrogen) atoms. The molecule has 0 saturated carbocycles. The Morgan fingerprint density at radius 3 is 2.86 bits per heavy atom. The minimum Gasteiger partial charge on any atom is -0.392 e. The molecular formula is C9H8BrNO3. The van der Waals surface area contributed by atoms with E-state index in [2.05, 4.69) is 15.9 Å². The van der Waals surface area contributed by atoms with Crippen LogP contribution in [0.15, 0.2) is 28.7 Å². The summed E-state index contributed by atoms with van der Waals surface area (Å²) in [5, 5.41) is 19.1. The van der Waals surface area contributed by atoms with Crippen molar-refractivity contribution in [3.05, 3.63) is 44.4 Å². The summed E-state index contributed by atoms with van der Waals surface area (Å²) in [4.78, 5) is 10.1. The number of benzene rings is 1. The van der Waals surface area contributed by atoms with Gasteiger partial charge in [-0.3, -0.25) is 10.1 Å². The van der Waals surface area contributed by atoms with Crippen LogP contribution in [0.5, 0.6) is 0 Å². The Bertz CT molecular complexity index is 376. The monoisotopic (exact) mass is 257 g/mol. The lowest BCUT2D eigenvalue weighted by atomic mass is 10.2. The van der Waals surface area contributed by atoms with E-state index in [-0.39, 0.29) is 12.3 Å². The van der Waals surface area contributed by atoms with E-state index in [9.17, 15) is 10.1 Å². The number of aliphatic hydroxyl groups is 1. The quantitative estimate of drug-likeness (QED) is 0.668. The molecule has 0 amide bonds. The lowest BCUT2D eigenvalue weighted by Gasteiger charge is -1.98. The molecule has 0 bridgehead atoms. The number of nitrogens with zero attached hydrogens (tertiary/aromatic N) is 1. The van der Waals surface area contributed by atoms with Crippen LogP contribution in [-0.4, -0.2) is 16.6 Å². The van der Waals surface area contributed by atoms with Gasteiger partial charge in [0.05, 0.1) is 11.5 Å². The highest BCUT2D eigenvalue weighted by Gasteiger charge is 2.12. The number of nitro groups is 1. The largest absolute Gasteiger partial charge is 0.392 e. The number of hydrogen-bond donors (Lipinski definition) is 1. The summed E-state index contributed by atoms with van der Waals surface area (Å²) < 4.78 is 0.426. The molecule has 0 radical (unpaired) electrons. The first-order chi connectivity index (χ1) is 6.66. The van der Waals surface area contributed by atoms with Crippen molar-refractivity contribution in [1.29, 1.82) is 0 Å². The standard InChI is InChI=1S/C9H8BrNO3/c10-9-7(4-2-6-12)3-1-5-8(9)11(13)14/h1-5,12H,6H2/b4-2+. The molecule has 4 nitrogen and oxygen atoms in total. The van der Waals surface area contributed by atoms with Crippen LogP contribution in [0.3, 0.4) is 0 Å². The van der Waals surface area contributed by atoms with Gasteiger partial charge in [-0.05, 0) is 21.5 Å². The lowest BCUT2D eigenvalue weighted by molar-refractivity contribution is -0.385. The van der Waals surface area contributed by atoms with Gasteiger partial charge in [-0.1, -0.05) is 24.3 Å². The average molecular weight is 258 g/mol. The zero-order valence-corrected chi connectivity index (χ0v) is 8.77. The first kappa shape index (κ1) is 10.9. The fourth-order valence-electron chi connectivity index (χ4n) is 0.987. The van der Waals surface area contributed by atoms with E-state index in [4.69, 9.17) is 5.11 Å². The number of halogens is 1. The van der Waals surface area contributed by atoms with Crippen molar-refractivity contribution in [2.75, 3.05) is 6.61 Å². The lowest BCUT2D eigenvalue weighted by Crippen LogP contribution is -1.90. The van der Waals surface area contributed by atoms with E-state index >= 15 is 0 Å². The zero-order valence-electron chi connectivity index (χ0n) is 7.18. The van der Waals surface area contributed by atoms with Crippen LogP contribution >= 0.6 is 15.9 Å². The van der Waals surface area contributed by atoms with Crippen LogP contribution in [0.1, 0.15) is 5.56 Å². The van der Waals surface area contributed by atoms with Crippen LogP contribution in [-0.2, 0) is 0 Å². The fraction of sp³-hybridized carbons (Fsp3) is 0.111. The van der Waals surface area contributed by atoms with Gasteiger partial charge in [0.1, 0.15) is 4.47 Å². The number of aliphatic hydroxyl groups excluding tert-OH is 1. The van der Waals surface area contributed by atoms with Gasteiger partial charge in [-0.2, -0.15) is 0 Å². The maximum Gasteiger partial charge on any atom is 0.284 e. The molecule has 0 saturated heterocycles. The van der Waals surface area contributed by atoms with E-state index in [0.717, 1.165) is 0 Å². The molecule has 0 aliphatic carbocycles. The summed E-state index contributed by atoms with van der Waals surface area (Å²) >= 11 is 3.14. The fourth-order valence-corrected chi connectivity index (χ4v) is 1.53. The third-order valence-corrected chi connectivity index (χ3v) is 2.47. The highest BCUT2D eigenvalue weighted by Crippen LogP contribution is 2.28. The SMILES string of the molecule is O=[N+]([O-])c1cccc(/C=C/CO)c1Br. The highest BCUT2D eigenvalue weighted by atomic mass is 79.9. The van der Waals surface area contributed by atoms with Gasteiger partial charge in [0.2, 0.25) is 0 Å². The third-order valence-electron chi connectivity index (χ3n) is 1.61. The Kier molecular flexibility index (Phi) is 3.79. The van der Waals surface area contributed by atoms with Gasteiger partial charge in [-0.15, -0.1) is 0 Å². The smallest absolute Gasteiger partial charge is 0.284 e. The third kappa shape index (κ3) is 2.40. The predicted octanol–water partition coefficient (Wildman–Crippen LogP) is 2.36. The molecule has 0 aliphatic heterocycles. The van der Waals surface area contributed by atoms with Crippen molar-refractivity contribution in [2.45, 2.75) is 0 Å². The normalized spacial score (nSPS) is 10.7. The second-order valence-corrected chi connectivity index (χ2v) is 3.32. The van der Waals surface area contributed by atoms with E-state index in [1.165, 1.54) is 12.1 Å². The topological polar surface area (TPSA) is 63.4 Å². The van der Waals surface area contributed by atoms with Gasteiger partial charge in [0.25, 0.3) is 5.69 Å². The molecule has 0 unspecified atom stereocenters. The Morgan fingerprint density at radius 2 is 2.29 bits per heavy atom. The van der Waals surface area contributed by atoms with Crippen molar-refractivity contribution in [1.82, 2.24) is 0 Å². The first-order valence-electron chi connectivity index (χ1n) is 3.87. The second kappa shape index (κ2) is 4.88. The van der Waals surface area contributed by atoms with Crippen LogP contribution in [0.4, 0.5) is 5.69 Å². The van der Waals surface area contributed by atoms with Crippen molar-refractivity contribution in [3.63, 3.8) is 0 Å². The van der Waals surface area contributed by atoms with Crippen molar-refractivity contribution in [3.8, 4) is 0 Å². The summed E-state index contributed by atoms with van der Waals surface area (Å²) in [6.07, 6.45) is 3.14. The molecule has 1 rings (SSSR count). The first-order valence-corrected chi connectivity index (χ1v) is 4.66. The maximum atomic E-state index is 10.5. The summed E-state index contributed by atoms with van der Waals surface area (Å²) in [7, 11) is 0. The van der Waals surface area contributed by atoms with E-state index in [1.54, 1.807) is 18.2 Å². The summed E-state index contributed by atoms with van der Waals surface area (Å²) in [5.41, 5.74) is 0.693. The molecule has 1 aromatic carbocycles. The Morgan fingerprint density at radius 1 is 1.57 bits per heavy atom.